The minimum atomic E-state index is -0.781. The van der Waals surface area contributed by atoms with Crippen molar-refractivity contribution < 1.29 is 9.90 Å². The minimum Gasteiger partial charge on any atom is -0.481 e. The van der Waals surface area contributed by atoms with Gasteiger partial charge in [0.25, 0.3) is 0 Å². The van der Waals surface area contributed by atoms with E-state index in [2.05, 4.69) is 6.92 Å². The highest BCUT2D eigenvalue weighted by molar-refractivity contribution is 5.67. The second-order valence-electron chi connectivity index (χ2n) is 5.32. The Morgan fingerprint density at radius 1 is 1.38 bits per heavy atom. The number of hydrogen-bond acceptors (Lipinski definition) is 2. The van der Waals surface area contributed by atoms with Crippen molar-refractivity contribution >= 4 is 5.97 Å². The van der Waals surface area contributed by atoms with Gasteiger partial charge < -0.3 is 10.8 Å². The zero-order chi connectivity index (χ0) is 12.0. The molecule has 1 aliphatic rings. The summed E-state index contributed by atoms with van der Waals surface area (Å²) in [7, 11) is 0. The van der Waals surface area contributed by atoms with Crippen molar-refractivity contribution in [1.29, 1.82) is 0 Å². The predicted molar refractivity (Wildman–Crippen MR) is 65.2 cm³/mol. The zero-order valence-electron chi connectivity index (χ0n) is 10.3. The predicted octanol–water partition coefficient (Wildman–Crippen LogP) is 2.79. The van der Waals surface area contributed by atoms with Gasteiger partial charge in [-0.05, 0) is 18.3 Å². The number of hydrogen-bond donors (Lipinski definition) is 2. The summed E-state index contributed by atoms with van der Waals surface area (Å²) >= 11 is 0. The van der Waals surface area contributed by atoms with E-state index in [-0.39, 0.29) is 12.5 Å². The third-order valence-corrected chi connectivity index (χ3v) is 3.90. The summed E-state index contributed by atoms with van der Waals surface area (Å²) in [6.45, 7) is 2.08. The lowest BCUT2D eigenvalue weighted by atomic mass is 9.83. The van der Waals surface area contributed by atoms with Gasteiger partial charge in [-0.25, -0.2) is 0 Å². The van der Waals surface area contributed by atoms with E-state index in [1.165, 1.54) is 38.5 Å². The number of carbonyl (C=O) groups is 1. The van der Waals surface area contributed by atoms with Gasteiger partial charge in [-0.1, -0.05) is 45.4 Å². The van der Waals surface area contributed by atoms with Gasteiger partial charge in [0.1, 0.15) is 0 Å². The van der Waals surface area contributed by atoms with E-state index in [1.54, 1.807) is 0 Å². The molecule has 0 bridgehead atoms. The van der Waals surface area contributed by atoms with Gasteiger partial charge in [0.05, 0.1) is 6.42 Å². The first-order valence-electron chi connectivity index (χ1n) is 6.57. The van der Waals surface area contributed by atoms with Crippen LogP contribution in [0.3, 0.4) is 0 Å². The molecular formula is C13H25NO2. The van der Waals surface area contributed by atoms with Gasteiger partial charge in [0.15, 0.2) is 0 Å². The first kappa shape index (κ1) is 13.5. The van der Waals surface area contributed by atoms with Crippen LogP contribution >= 0.6 is 0 Å². The van der Waals surface area contributed by atoms with E-state index >= 15 is 0 Å². The molecule has 0 unspecified atom stereocenters. The lowest BCUT2D eigenvalue weighted by Gasteiger charge is -2.24. The Morgan fingerprint density at radius 3 is 2.56 bits per heavy atom. The van der Waals surface area contributed by atoms with Gasteiger partial charge in [-0.2, -0.15) is 0 Å². The van der Waals surface area contributed by atoms with Crippen molar-refractivity contribution in [3.63, 3.8) is 0 Å². The highest BCUT2D eigenvalue weighted by Crippen LogP contribution is 2.29. The van der Waals surface area contributed by atoms with Crippen LogP contribution in [0.4, 0.5) is 0 Å². The summed E-state index contributed by atoms with van der Waals surface area (Å²) in [5.41, 5.74) is 5.85. The highest BCUT2D eigenvalue weighted by Gasteiger charge is 2.19. The van der Waals surface area contributed by atoms with Crippen molar-refractivity contribution in [2.24, 2.45) is 17.6 Å². The third-order valence-electron chi connectivity index (χ3n) is 3.90. The molecule has 0 aromatic carbocycles. The van der Waals surface area contributed by atoms with Crippen LogP contribution in [0, 0.1) is 11.8 Å². The van der Waals surface area contributed by atoms with E-state index < -0.39 is 5.97 Å². The second-order valence-corrected chi connectivity index (χ2v) is 5.32. The number of rotatable bonds is 6. The fraction of sp³-hybridized carbons (Fsp3) is 0.923. The van der Waals surface area contributed by atoms with Crippen LogP contribution in [0.2, 0.25) is 0 Å². The minimum absolute atomic E-state index is 0.103. The van der Waals surface area contributed by atoms with Crippen molar-refractivity contribution in [2.75, 3.05) is 0 Å². The van der Waals surface area contributed by atoms with Gasteiger partial charge >= 0.3 is 5.97 Å². The summed E-state index contributed by atoms with van der Waals surface area (Å²) in [5.74, 6) is 0.420. The maximum atomic E-state index is 10.5. The Kier molecular flexibility index (Phi) is 5.81. The normalized spacial score (nSPS) is 21.6. The molecular weight excluding hydrogens is 202 g/mol. The molecule has 0 spiro atoms. The average Bonchev–Trinajstić information content (AvgIpc) is 2.26. The van der Waals surface area contributed by atoms with E-state index in [0.717, 1.165) is 12.3 Å². The highest BCUT2D eigenvalue weighted by atomic mass is 16.4. The van der Waals surface area contributed by atoms with Crippen LogP contribution in [0.25, 0.3) is 0 Å². The van der Waals surface area contributed by atoms with Crippen molar-refractivity contribution in [1.82, 2.24) is 0 Å². The maximum Gasteiger partial charge on any atom is 0.304 e. The van der Waals surface area contributed by atoms with Crippen LogP contribution in [0.5, 0.6) is 0 Å². The molecule has 94 valence electrons. The van der Waals surface area contributed by atoms with Crippen LogP contribution in [-0.4, -0.2) is 17.1 Å². The number of carboxylic acid groups (broad SMARTS) is 1. The molecule has 3 heteroatoms. The summed E-state index contributed by atoms with van der Waals surface area (Å²) < 4.78 is 0. The van der Waals surface area contributed by atoms with Gasteiger partial charge in [0.2, 0.25) is 0 Å². The largest absolute Gasteiger partial charge is 0.481 e. The topological polar surface area (TPSA) is 63.3 Å². The molecule has 0 amide bonds. The molecule has 0 saturated heterocycles. The van der Waals surface area contributed by atoms with Crippen molar-refractivity contribution in [2.45, 2.75) is 64.3 Å². The second kappa shape index (κ2) is 6.89. The van der Waals surface area contributed by atoms with Gasteiger partial charge in [-0.15, -0.1) is 0 Å². The molecule has 0 aromatic rings. The lowest BCUT2D eigenvalue weighted by molar-refractivity contribution is -0.137. The molecule has 0 radical (unpaired) electrons. The molecule has 0 aliphatic heterocycles. The van der Waals surface area contributed by atoms with E-state index in [9.17, 15) is 4.79 Å². The Bertz CT molecular complexity index is 212. The molecule has 2 atom stereocenters. The van der Waals surface area contributed by atoms with E-state index in [0.29, 0.717) is 5.92 Å². The Hall–Kier alpha value is -0.570. The Balaban J connectivity index is 2.17. The number of aliphatic carboxylic acids is 1. The summed E-state index contributed by atoms with van der Waals surface area (Å²) in [6, 6.07) is -0.180. The fourth-order valence-electron chi connectivity index (χ4n) is 2.59. The Labute approximate surface area is 98.4 Å². The molecule has 0 heterocycles. The Morgan fingerprint density at radius 2 is 2.00 bits per heavy atom. The molecule has 1 rings (SSSR count). The molecule has 1 aliphatic carbocycles. The van der Waals surface area contributed by atoms with Gasteiger partial charge in [0, 0.05) is 6.04 Å². The van der Waals surface area contributed by atoms with Crippen molar-refractivity contribution in [3.05, 3.63) is 0 Å². The molecule has 0 aromatic heterocycles. The standard InChI is InChI=1S/C13H25NO2/c1-10(12(14)9-13(15)16)7-8-11-5-3-2-4-6-11/h10-12H,2-9,14H2,1H3,(H,15,16)/t10-,12+/m0/s1. The van der Waals surface area contributed by atoms with E-state index in [1.807, 2.05) is 0 Å². The third kappa shape index (κ3) is 4.97. The summed E-state index contributed by atoms with van der Waals surface area (Å²) in [5, 5.41) is 8.67. The number of carboxylic acids is 1. The quantitative estimate of drug-likeness (QED) is 0.733. The lowest BCUT2D eigenvalue weighted by Crippen LogP contribution is -2.31. The van der Waals surface area contributed by atoms with Crippen LogP contribution in [-0.2, 0) is 4.79 Å². The molecule has 1 saturated carbocycles. The molecule has 16 heavy (non-hydrogen) atoms. The van der Waals surface area contributed by atoms with Gasteiger partial charge in [-0.3, -0.25) is 4.79 Å². The summed E-state index contributed by atoms with van der Waals surface area (Å²) in [6.07, 6.45) is 9.28. The molecule has 3 N–H and O–H groups in total. The zero-order valence-corrected chi connectivity index (χ0v) is 10.3. The fourth-order valence-corrected chi connectivity index (χ4v) is 2.59. The van der Waals surface area contributed by atoms with Crippen LogP contribution in [0.15, 0.2) is 0 Å². The monoisotopic (exact) mass is 227 g/mol. The first-order valence-corrected chi connectivity index (χ1v) is 6.57. The van der Waals surface area contributed by atoms with Crippen molar-refractivity contribution in [3.8, 4) is 0 Å². The van der Waals surface area contributed by atoms with Crippen LogP contribution < -0.4 is 5.73 Å². The summed E-state index contributed by atoms with van der Waals surface area (Å²) in [4.78, 5) is 10.5. The van der Waals surface area contributed by atoms with Crippen LogP contribution in [0.1, 0.15) is 58.3 Å². The first-order chi connectivity index (χ1) is 7.59. The smallest absolute Gasteiger partial charge is 0.304 e. The number of nitrogens with two attached hydrogens (primary N) is 1. The molecule has 3 nitrogen and oxygen atoms in total. The molecule has 1 fully saturated rings. The maximum absolute atomic E-state index is 10.5. The average molecular weight is 227 g/mol. The SMILES string of the molecule is C[C@@H](CCC1CCCCC1)[C@H](N)CC(=O)O. The van der Waals surface area contributed by atoms with E-state index in [4.69, 9.17) is 10.8 Å².